The molecule has 2 fully saturated rings. The third-order valence-electron chi connectivity index (χ3n) is 10.0. The molecule has 2 N–H and O–H groups in total. The first-order valence-corrected chi connectivity index (χ1v) is 19.0. The minimum Gasteiger partial charge on any atom is -0.368 e. The number of carbonyl (C=O) groups excluding carboxylic acids is 1. The van der Waals surface area contributed by atoms with Crippen molar-refractivity contribution in [1.82, 2.24) is 19.5 Å². The number of aromatic amines is 1. The van der Waals surface area contributed by atoms with E-state index in [0.717, 1.165) is 32.3 Å². The van der Waals surface area contributed by atoms with Gasteiger partial charge >= 0.3 is 5.69 Å². The quantitative estimate of drug-likeness (QED) is 0.0686. The topological polar surface area (TPSA) is 148 Å². The van der Waals surface area contributed by atoms with Gasteiger partial charge < -0.3 is 23.8 Å². The average molecular weight is 736 g/mol. The maximum atomic E-state index is 13.4. The Morgan fingerprint density at radius 1 is 1.08 bits per heavy atom. The van der Waals surface area contributed by atoms with E-state index in [2.05, 4.69) is 84.8 Å². The van der Waals surface area contributed by atoms with E-state index in [1.165, 1.54) is 10.8 Å². The number of rotatable bonds is 12. The Balaban J connectivity index is 1.10. The second-order valence-electron chi connectivity index (χ2n) is 13.9. The molecule has 13 heteroatoms. The minimum absolute atomic E-state index is 0.0303. The van der Waals surface area contributed by atoms with E-state index in [4.69, 9.17) is 23.8 Å². The molecule has 5 aromatic rings. The van der Waals surface area contributed by atoms with Crippen molar-refractivity contribution in [3.05, 3.63) is 92.8 Å². The maximum absolute atomic E-state index is 13.4. The number of benzene rings is 4. The van der Waals surface area contributed by atoms with E-state index in [-0.39, 0.29) is 49.7 Å². The lowest BCUT2D eigenvalue weighted by Crippen LogP contribution is -2.43. The molecule has 12 nitrogen and oxygen atoms in total. The van der Waals surface area contributed by atoms with Gasteiger partial charge in [0.25, 0.3) is 20.0 Å². The number of H-pyrrole nitrogens is 1. The molecule has 0 spiro atoms. The van der Waals surface area contributed by atoms with E-state index < -0.39 is 43.8 Å². The molecule has 2 unspecified atom stereocenters. The molecule has 2 aliphatic rings. The summed E-state index contributed by atoms with van der Waals surface area (Å²) in [5.74, 6) is 5.40. The molecule has 274 valence electrons. The maximum Gasteiger partial charge on any atom is 0.330 e. The van der Waals surface area contributed by atoms with E-state index in [1.54, 1.807) is 0 Å². The van der Waals surface area contributed by atoms with Crippen LogP contribution in [0.25, 0.3) is 32.3 Å². The number of amides is 1. The van der Waals surface area contributed by atoms with Crippen molar-refractivity contribution in [3.8, 4) is 17.9 Å². The molecule has 53 heavy (non-hydrogen) atoms. The Morgan fingerprint density at radius 2 is 1.77 bits per heavy atom. The molecular weight excluding hydrogens is 693 g/mol. The van der Waals surface area contributed by atoms with Crippen molar-refractivity contribution in [2.75, 3.05) is 19.8 Å². The molecule has 2 aliphatic heterocycles. The van der Waals surface area contributed by atoms with Crippen LogP contribution in [0.15, 0.2) is 70.4 Å². The van der Waals surface area contributed by atoms with Crippen molar-refractivity contribution in [1.29, 1.82) is 5.26 Å². The Morgan fingerprint density at radius 3 is 2.47 bits per heavy atom. The molecule has 3 heterocycles. The van der Waals surface area contributed by atoms with Gasteiger partial charge in [-0.15, -0.1) is 0 Å². The van der Waals surface area contributed by atoms with Crippen LogP contribution in [0, 0.1) is 23.2 Å². The van der Waals surface area contributed by atoms with Gasteiger partial charge in [-0.3, -0.25) is 19.1 Å². The molecule has 1 amide bonds. The summed E-state index contributed by atoms with van der Waals surface area (Å²) in [5.41, 5.74) is -1.64. The average Bonchev–Trinajstić information content (AvgIpc) is 3.64. The molecule has 7 rings (SSSR count). The minimum atomic E-state index is -1.62. The van der Waals surface area contributed by atoms with Gasteiger partial charge in [-0.25, -0.2) is 9.46 Å². The first kappa shape index (κ1) is 36.7. The summed E-state index contributed by atoms with van der Waals surface area (Å²) >= 11 is 0. The Bertz CT molecular complexity index is 2370. The molecule has 2 bridgehead atoms. The highest BCUT2D eigenvalue weighted by molar-refractivity contribution is 7.44. The lowest BCUT2D eigenvalue weighted by Gasteiger charge is -2.38. The van der Waals surface area contributed by atoms with Crippen LogP contribution in [0.2, 0.25) is 0 Å². The van der Waals surface area contributed by atoms with Crippen LogP contribution in [0.5, 0.6) is 0 Å². The molecule has 0 radical (unpaired) electrons. The Kier molecular flexibility index (Phi) is 10.4. The van der Waals surface area contributed by atoms with E-state index >= 15 is 0 Å². The van der Waals surface area contributed by atoms with Gasteiger partial charge in [-0.05, 0) is 72.5 Å². The van der Waals surface area contributed by atoms with Crippen LogP contribution in [-0.4, -0.2) is 69.8 Å². The van der Waals surface area contributed by atoms with Gasteiger partial charge in [0.15, 0.2) is 6.23 Å². The number of ether oxygens (including phenoxy) is 2. The fourth-order valence-electron chi connectivity index (χ4n) is 7.55. The predicted molar refractivity (Wildman–Crippen MR) is 204 cm³/mol. The summed E-state index contributed by atoms with van der Waals surface area (Å²) in [6.45, 7) is 10.6. The molecule has 0 saturated carbocycles. The number of aromatic nitrogens is 2. The van der Waals surface area contributed by atoms with E-state index in [9.17, 15) is 14.4 Å². The standard InChI is InChI=1S/C40H42N5O7P/c1-6-40-23-49-34(35(40)52-53(50-21-9-19-41)45(24(2)3)25(4)5)38(51-40)44-22-29(36(46)43-39(44)48)12-8-20-42-37(47)31-18-16-28-14-13-26-10-7-11-27-15-17-30(31)33(28)32(26)27/h7,10-11,13-18,22,24-25,34-35,38H,6,9,20-21,23H2,1-5H3,(H,42,47)(H,43,46,48)/t34?,35-,38+,40+,53?/m0/s1. The first-order chi connectivity index (χ1) is 25.6. The van der Waals surface area contributed by atoms with Crippen molar-refractivity contribution in [2.24, 2.45) is 0 Å². The number of hydrogen-bond acceptors (Lipinski definition) is 9. The highest BCUT2D eigenvalue weighted by atomic mass is 31.2. The number of nitriles is 1. The Labute approximate surface area is 308 Å². The van der Waals surface area contributed by atoms with Gasteiger partial charge in [0, 0.05) is 23.8 Å². The molecule has 0 aliphatic carbocycles. The normalized spacial score (nSPS) is 21.5. The molecule has 1 aromatic heterocycles. The lowest BCUT2D eigenvalue weighted by molar-refractivity contribution is -0.175. The van der Waals surface area contributed by atoms with Crippen LogP contribution in [0.3, 0.4) is 0 Å². The summed E-state index contributed by atoms with van der Waals surface area (Å²) in [5, 5.41) is 18.3. The van der Waals surface area contributed by atoms with E-state index in [1.807, 2.05) is 37.3 Å². The van der Waals surface area contributed by atoms with Gasteiger partial charge in [0.2, 0.25) is 0 Å². The molecule has 5 atom stereocenters. The van der Waals surface area contributed by atoms with Crippen molar-refractivity contribution >= 4 is 46.8 Å². The van der Waals surface area contributed by atoms with Crippen molar-refractivity contribution in [2.45, 2.75) is 83.6 Å². The lowest BCUT2D eigenvalue weighted by atomic mass is 9.92. The summed E-state index contributed by atoms with van der Waals surface area (Å²) < 4.78 is 29.1. The van der Waals surface area contributed by atoms with Gasteiger partial charge in [-0.2, -0.15) is 5.26 Å². The first-order valence-electron chi connectivity index (χ1n) is 17.9. The van der Waals surface area contributed by atoms with Crippen LogP contribution in [0.1, 0.15) is 69.6 Å². The molecule has 2 saturated heterocycles. The summed E-state index contributed by atoms with van der Waals surface area (Å²) in [6.07, 6.45) is -0.0625. The zero-order valence-electron chi connectivity index (χ0n) is 30.3. The van der Waals surface area contributed by atoms with Crippen LogP contribution >= 0.6 is 8.53 Å². The van der Waals surface area contributed by atoms with Gasteiger partial charge in [0.1, 0.15) is 23.4 Å². The predicted octanol–water partition coefficient (Wildman–Crippen LogP) is 5.95. The molecule has 4 aromatic carbocycles. The fourth-order valence-corrected chi connectivity index (χ4v) is 9.36. The van der Waals surface area contributed by atoms with Crippen molar-refractivity contribution < 1.29 is 23.3 Å². The number of nitrogens with one attached hydrogen (secondary N) is 2. The number of fused-ring (bicyclic) bond motifs is 2. The highest BCUT2D eigenvalue weighted by Crippen LogP contribution is 2.55. The van der Waals surface area contributed by atoms with Crippen LogP contribution in [0.4, 0.5) is 0 Å². The Hall–Kier alpha value is -4.65. The SMILES string of the molecule is CC[C@]12COC([C@H](n3cc(C#CCNC(=O)c4ccc5ccc6cccc7ccc4c5c67)c(=O)[nH]c3=O)O1)[C@@H]2OP(OCCC#N)N(C(C)C)C(C)C. The molecular formula is C40H42N5O7P. The van der Waals surface area contributed by atoms with Crippen LogP contribution < -0.4 is 16.6 Å². The third kappa shape index (κ3) is 6.72. The van der Waals surface area contributed by atoms with Gasteiger partial charge in [-0.1, -0.05) is 67.3 Å². The zero-order chi connectivity index (χ0) is 37.4. The summed E-state index contributed by atoms with van der Waals surface area (Å²) in [4.78, 5) is 41.9. The monoisotopic (exact) mass is 735 g/mol. The van der Waals surface area contributed by atoms with Crippen molar-refractivity contribution in [3.63, 3.8) is 0 Å². The second-order valence-corrected chi connectivity index (χ2v) is 15.3. The summed E-state index contributed by atoms with van der Waals surface area (Å²) in [6, 6.07) is 20.4. The number of hydrogen-bond donors (Lipinski definition) is 2. The number of carbonyl (C=O) groups is 1. The van der Waals surface area contributed by atoms with E-state index in [0.29, 0.717) is 12.0 Å². The third-order valence-corrected chi connectivity index (χ3v) is 12.1. The number of nitrogens with zero attached hydrogens (tertiary/aromatic N) is 3. The largest absolute Gasteiger partial charge is 0.368 e. The smallest absolute Gasteiger partial charge is 0.330 e. The summed E-state index contributed by atoms with van der Waals surface area (Å²) in [7, 11) is -1.62. The van der Waals surface area contributed by atoms with Crippen LogP contribution in [-0.2, 0) is 18.5 Å². The van der Waals surface area contributed by atoms with Gasteiger partial charge in [0.05, 0.1) is 32.2 Å². The highest BCUT2D eigenvalue weighted by Gasteiger charge is 2.63. The fraction of sp³-hybridized carbons (Fsp3) is 0.400. The second kappa shape index (κ2) is 15.0. The zero-order valence-corrected chi connectivity index (χ0v) is 31.2.